The van der Waals surface area contributed by atoms with E-state index in [1.54, 1.807) is 4.90 Å². The van der Waals surface area contributed by atoms with E-state index < -0.39 is 11.9 Å². The van der Waals surface area contributed by atoms with Crippen LogP contribution in [0, 0.1) is 5.92 Å². The van der Waals surface area contributed by atoms with Gasteiger partial charge in [-0.3, -0.25) is 9.59 Å². The summed E-state index contributed by atoms with van der Waals surface area (Å²) in [5.74, 6) is -1.33. The Morgan fingerprint density at radius 1 is 1.25 bits per heavy atom. The van der Waals surface area contributed by atoms with Crippen LogP contribution >= 0.6 is 0 Å². The average molecular weight is 275 g/mol. The van der Waals surface area contributed by atoms with Crippen LogP contribution in [-0.4, -0.2) is 35.0 Å². The molecule has 2 atom stereocenters. The molecule has 2 rings (SSSR count). The lowest BCUT2D eigenvalue weighted by molar-refractivity contribution is -0.141. The number of amides is 1. The predicted octanol–water partition coefficient (Wildman–Crippen LogP) is 2.50. The summed E-state index contributed by atoms with van der Waals surface area (Å²) in [7, 11) is 0. The maximum absolute atomic E-state index is 12.1. The van der Waals surface area contributed by atoms with E-state index in [9.17, 15) is 14.7 Å². The molecule has 1 aromatic rings. The van der Waals surface area contributed by atoms with E-state index in [-0.39, 0.29) is 11.8 Å². The van der Waals surface area contributed by atoms with Crippen molar-refractivity contribution in [3.8, 4) is 0 Å². The maximum atomic E-state index is 12.1. The van der Waals surface area contributed by atoms with Gasteiger partial charge in [-0.1, -0.05) is 43.7 Å². The van der Waals surface area contributed by atoms with Crippen molar-refractivity contribution in [3.63, 3.8) is 0 Å². The van der Waals surface area contributed by atoms with Crippen LogP contribution in [0.4, 0.5) is 0 Å². The summed E-state index contributed by atoms with van der Waals surface area (Å²) in [6, 6.07) is 9.63. The molecule has 108 valence electrons. The van der Waals surface area contributed by atoms with Crippen LogP contribution in [0.5, 0.6) is 0 Å². The first-order valence-corrected chi connectivity index (χ1v) is 7.19. The summed E-state index contributed by atoms with van der Waals surface area (Å²) >= 11 is 0. The number of carboxylic acid groups (broad SMARTS) is 1. The molecule has 1 aliphatic rings. The van der Waals surface area contributed by atoms with Gasteiger partial charge in [-0.05, 0) is 12.0 Å². The molecule has 0 bridgehead atoms. The first-order valence-electron chi connectivity index (χ1n) is 7.19. The smallest absolute Gasteiger partial charge is 0.308 e. The molecule has 1 heterocycles. The van der Waals surface area contributed by atoms with Crippen LogP contribution in [0.3, 0.4) is 0 Å². The number of aliphatic carboxylic acids is 1. The normalized spacial score (nSPS) is 21.9. The van der Waals surface area contributed by atoms with Gasteiger partial charge in [-0.2, -0.15) is 0 Å². The number of benzene rings is 1. The highest BCUT2D eigenvalue weighted by molar-refractivity contribution is 5.79. The highest BCUT2D eigenvalue weighted by Gasteiger charge is 2.39. The molecule has 1 N–H and O–H groups in total. The minimum atomic E-state index is -0.815. The van der Waals surface area contributed by atoms with Crippen molar-refractivity contribution in [2.75, 3.05) is 13.1 Å². The zero-order valence-electron chi connectivity index (χ0n) is 11.8. The quantitative estimate of drug-likeness (QED) is 0.898. The Morgan fingerprint density at radius 2 is 1.95 bits per heavy atom. The number of carbonyl (C=O) groups is 2. The molecule has 1 aliphatic heterocycles. The topological polar surface area (TPSA) is 57.6 Å². The zero-order valence-corrected chi connectivity index (χ0v) is 11.8. The number of rotatable bonds is 5. The minimum Gasteiger partial charge on any atom is -0.481 e. The number of carbonyl (C=O) groups excluding carboxylic acids is 1. The molecule has 0 saturated carbocycles. The van der Waals surface area contributed by atoms with Crippen LogP contribution < -0.4 is 0 Å². The number of hydrogen-bond acceptors (Lipinski definition) is 2. The third-order valence-corrected chi connectivity index (χ3v) is 3.96. The highest BCUT2D eigenvalue weighted by atomic mass is 16.4. The zero-order chi connectivity index (χ0) is 14.5. The summed E-state index contributed by atoms with van der Waals surface area (Å²) in [6.45, 7) is 2.89. The van der Waals surface area contributed by atoms with E-state index in [1.165, 1.54) is 0 Å². The van der Waals surface area contributed by atoms with Crippen molar-refractivity contribution in [3.05, 3.63) is 35.9 Å². The van der Waals surface area contributed by atoms with Crippen LogP contribution in [0.1, 0.15) is 37.7 Å². The Balaban J connectivity index is 2.12. The van der Waals surface area contributed by atoms with Crippen molar-refractivity contribution >= 4 is 11.9 Å². The van der Waals surface area contributed by atoms with Crippen LogP contribution in [0.2, 0.25) is 0 Å². The Bertz CT molecular complexity index is 472. The molecule has 0 radical (unpaired) electrons. The molecule has 1 fully saturated rings. The summed E-state index contributed by atoms with van der Waals surface area (Å²) in [4.78, 5) is 25.2. The van der Waals surface area contributed by atoms with Crippen LogP contribution in [-0.2, 0) is 9.59 Å². The number of unbranched alkanes of at least 4 members (excludes halogenated alkanes) is 1. The third kappa shape index (κ3) is 3.18. The van der Waals surface area contributed by atoms with Crippen molar-refractivity contribution < 1.29 is 14.7 Å². The van der Waals surface area contributed by atoms with Gasteiger partial charge in [0.15, 0.2) is 0 Å². The molecule has 0 spiro atoms. The van der Waals surface area contributed by atoms with Gasteiger partial charge in [-0.15, -0.1) is 0 Å². The molecular weight excluding hydrogens is 254 g/mol. The predicted molar refractivity (Wildman–Crippen MR) is 76.4 cm³/mol. The summed E-state index contributed by atoms with van der Waals surface area (Å²) < 4.78 is 0. The van der Waals surface area contributed by atoms with Gasteiger partial charge >= 0.3 is 5.97 Å². The number of hydrogen-bond donors (Lipinski definition) is 1. The summed E-state index contributed by atoms with van der Waals surface area (Å²) in [6.07, 6.45) is 2.36. The maximum Gasteiger partial charge on any atom is 0.308 e. The molecule has 2 unspecified atom stereocenters. The molecular formula is C16H21NO3. The van der Waals surface area contributed by atoms with Crippen molar-refractivity contribution in [2.24, 2.45) is 5.92 Å². The lowest BCUT2D eigenvalue weighted by atomic mass is 9.89. The van der Waals surface area contributed by atoms with Gasteiger partial charge in [0.2, 0.25) is 5.91 Å². The van der Waals surface area contributed by atoms with Crippen molar-refractivity contribution in [1.29, 1.82) is 0 Å². The first kappa shape index (κ1) is 14.6. The second-order valence-corrected chi connectivity index (χ2v) is 5.36. The van der Waals surface area contributed by atoms with Crippen molar-refractivity contribution in [2.45, 2.75) is 32.1 Å². The fourth-order valence-corrected chi connectivity index (χ4v) is 2.78. The largest absolute Gasteiger partial charge is 0.481 e. The van der Waals surface area contributed by atoms with E-state index in [4.69, 9.17) is 0 Å². The van der Waals surface area contributed by atoms with Gasteiger partial charge in [0, 0.05) is 25.4 Å². The molecule has 0 aliphatic carbocycles. The fraction of sp³-hybridized carbons (Fsp3) is 0.500. The first-order chi connectivity index (χ1) is 9.63. The van der Waals surface area contributed by atoms with E-state index in [0.717, 1.165) is 18.4 Å². The van der Waals surface area contributed by atoms with Gasteiger partial charge in [0.25, 0.3) is 0 Å². The van der Waals surface area contributed by atoms with Crippen LogP contribution in [0.25, 0.3) is 0 Å². The second kappa shape index (κ2) is 6.55. The Morgan fingerprint density at radius 3 is 2.55 bits per heavy atom. The Labute approximate surface area is 119 Å². The lowest BCUT2D eigenvalue weighted by Gasteiger charge is -2.16. The van der Waals surface area contributed by atoms with E-state index in [2.05, 4.69) is 0 Å². The number of nitrogens with zero attached hydrogens (tertiary/aromatic N) is 1. The monoisotopic (exact) mass is 275 g/mol. The molecule has 1 amide bonds. The summed E-state index contributed by atoms with van der Waals surface area (Å²) in [5, 5.41) is 9.38. The lowest BCUT2D eigenvalue weighted by Crippen LogP contribution is -2.29. The fourth-order valence-electron chi connectivity index (χ4n) is 2.78. The van der Waals surface area contributed by atoms with Gasteiger partial charge in [-0.25, -0.2) is 0 Å². The highest BCUT2D eigenvalue weighted by Crippen LogP contribution is 2.33. The van der Waals surface area contributed by atoms with Crippen molar-refractivity contribution in [1.82, 2.24) is 4.90 Å². The SMILES string of the molecule is CCCCC(=O)N1CC(C(=O)O)C(c2ccccc2)C1. The van der Waals surface area contributed by atoms with E-state index in [0.29, 0.717) is 19.5 Å². The Kier molecular flexibility index (Phi) is 4.77. The number of likely N-dealkylation sites (tertiary alicyclic amines) is 1. The minimum absolute atomic E-state index is 0.0801. The molecule has 0 aromatic heterocycles. The average Bonchev–Trinajstić information content (AvgIpc) is 2.91. The van der Waals surface area contributed by atoms with E-state index >= 15 is 0 Å². The Hall–Kier alpha value is -1.84. The molecule has 1 saturated heterocycles. The van der Waals surface area contributed by atoms with Gasteiger partial charge in [0.05, 0.1) is 5.92 Å². The second-order valence-electron chi connectivity index (χ2n) is 5.36. The molecule has 1 aromatic carbocycles. The standard InChI is InChI=1S/C16H21NO3/c1-2-3-9-15(18)17-10-13(14(11-17)16(19)20)12-7-5-4-6-8-12/h4-8,13-14H,2-3,9-11H2,1H3,(H,19,20). The van der Waals surface area contributed by atoms with Gasteiger partial charge < -0.3 is 10.0 Å². The van der Waals surface area contributed by atoms with Gasteiger partial charge in [0.1, 0.15) is 0 Å². The third-order valence-electron chi connectivity index (χ3n) is 3.96. The van der Waals surface area contributed by atoms with E-state index in [1.807, 2.05) is 37.3 Å². The number of carboxylic acids is 1. The van der Waals surface area contributed by atoms with Crippen LogP contribution in [0.15, 0.2) is 30.3 Å². The molecule has 20 heavy (non-hydrogen) atoms. The molecule has 4 nitrogen and oxygen atoms in total. The summed E-state index contributed by atoms with van der Waals surface area (Å²) in [5.41, 5.74) is 1.01. The molecule has 4 heteroatoms.